The number of allylic oxidation sites excluding steroid dienone is 1. The van der Waals surface area contributed by atoms with E-state index in [-0.39, 0.29) is 24.2 Å². The molecule has 0 atom stereocenters. The fraction of sp³-hybridized carbons (Fsp3) is 0.333. The number of thioether (sulfide) groups is 1. The SMILES string of the molecule is COc1ccc(CC/C=C2\SC(=O)N(CCN=O)C2=O)cc1. The summed E-state index contributed by atoms with van der Waals surface area (Å²) in [6, 6.07) is 7.70. The molecule has 22 heavy (non-hydrogen) atoms. The largest absolute Gasteiger partial charge is 0.497 e. The van der Waals surface area contributed by atoms with Crippen LogP contribution < -0.4 is 4.74 Å². The molecule has 1 fully saturated rings. The van der Waals surface area contributed by atoms with Gasteiger partial charge in [0.25, 0.3) is 11.1 Å². The van der Waals surface area contributed by atoms with Crippen LogP contribution in [-0.2, 0) is 11.2 Å². The lowest BCUT2D eigenvalue weighted by atomic mass is 10.1. The molecular formula is C15H16N2O4S. The Morgan fingerprint density at radius 1 is 1.27 bits per heavy atom. The van der Waals surface area contributed by atoms with Crippen LogP contribution in [0.4, 0.5) is 4.79 Å². The highest BCUT2D eigenvalue weighted by Gasteiger charge is 2.34. The van der Waals surface area contributed by atoms with Crippen LogP contribution in [0.1, 0.15) is 12.0 Å². The molecule has 0 radical (unpaired) electrons. The molecule has 0 aliphatic carbocycles. The first-order valence-corrected chi connectivity index (χ1v) is 7.63. The van der Waals surface area contributed by atoms with Crippen molar-refractivity contribution in [1.29, 1.82) is 0 Å². The molecule has 6 nitrogen and oxygen atoms in total. The third kappa shape index (κ3) is 3.94. The van der Waals surface area contributed by atoms with Crippen LogP contribution in [0.15, 0.2) is 40.4 Å². The van der Waals surface area contributed by atoms with Crippen LogP contribution in [0.5, 0.6) is 5.75 Å². The smallest absolute Gasteiger partial charge is 0.293 e. The summed E-state index contributed by atoms with van der Waals surface area (Å²) < 4.78 is 5.09. The number of methoxy groups -OCH3 is 1. The van der Waals surface area contributed by atoms with Gasteiger partial charge < -0.3 is 4.74 Å². The second-order valence-electron chi connectivity index (χ2n) is 4.63. The minimum Gasteiger partial charge on any atom is -0.497 e. The van der Waals surface area contributed by atoms with Crippen molar-refractivity contribution in [3.05, 3.63) is 45.7 Å². The van der Waals surface area contributed by atoms with Gasteiger partial charge in [-0.2, -0.15) is 4.91 Å². The molecule has 0 unspecified atom stereocenters. The highest BCUT2D eigenvalue weighted by molar-refractivity contribution is 8.18. The summed E-state index contributed by atoms with van der Waals surface area (Å²) in [6.07, 6.45) is 3.20. The maximum Gasteiger partial charge on any atom is 0.293 e. The molecule has 0 bridgehead atoms. The Morgan fingerprint density at radius 3 is 2.64 bits per heavy atom. The lowest BCUT2D eigenvalue weighted by Crippen LogP contribution is -2.30. The molecule has 1 aliphatic heterocycles. The van der Waals surface area contributed by atoms with Crippen LogP contribution in [0.3, 0.4) is 0 Å². The van der Waals surface area contributed by atoms with E-state index in [2.05, 4.69) is 5.18 Å². The molecule has 2 rings (SSSR count). The zero-order chi connectivity index (χ0) is 15.9. The fourth-order valence-electron chi connectivity index (χ4n) is 2.03. The Morgan fingerprint density at radius 2 is 2.00 bits per heavy atom. The average molecular weight is 320 g/mol. The second-order valence-corrected chi connectivity index (χ2v) is 5.63. The van der Waals surface area contributed by atoms with E-state index in [4.69, 9.17) is 4.74 Å². The van der Waals surface area contributed by atoms with Crippen molar-refractivity contribution in [1.82, 2.24) is 4.90 Å². The highest BCUT2D eigenvalue weighted by Crippen LogP contribution is 2.30. The molecule has 1 aliphatic rings. The van der Waals surface area contributed by atoms with E-state index >= 15 is 0 Å². The predicted molar refractivity (Wildman–Crippen MR) is 84.8 cm³/mol. The molecule has 116 valence electrons. The monoisotopic (exact) mass is 320 g/mol. The lowest BCUT2D eigenvalue weighted by Gasteiger charge is -2.08. The maximum atomic E-state index is 12.0. The number of rotatable bonds is 7. The Labute approximate surface area is 132 Å². The second kappa shape index (κ2) is 7.74. The number of hydrogen-bond acceptors (Lipinski definition) is 6. The van der Waals surface area contributed by atoms with Crippen molar-refractivity contribution in [2.24, 2.45) is 5.18 Å². The number of ether oxygens (including phenoxy) is 1. The van der Waals surface area contributed by atoms with Crippen molar-refractivity contribution in [3.8, 4) is 5.75 Å². The van der Waals surface area contributed by atoms with Crippen LogP contribution >= 0.6 is 11.8 Å². The summed E-state index contributed by atoms with van der Waals surface area (Å²) in [6.45, 7) is -0.0266. The van der Waals surface area contributed by atoms with Crippen molar-refractivity contribution in [2.75, 3.05) is 20.2 Å². The van der Waals surface area contributed by atoms with Gasteiger partial charge in [-0.15, -0.1) is 0 Å². The molecule has 2 amide bonds. The molecule has 0 aromatic heterocycles. The molecule has 0 N–H and O–H groups in total. The van der Waals surface area contributed by atoms with Crippen LogP contribution in [-0.4, -0.2) is 36.2 Å². The van der Waals surface area contributed by atoms with Gasteiger partial charge in [0.05, 0.1) is 25.1 Å². The molecular weight excluding hydrogens is 304 g/mol. The Kier molecular flexibility index (Phi) is 5.71. The quantitative estimate of drug-likeness (QED) is 0.570. The van der Waals surface area contributed by atoms with E-state index in [0.717, 1.165) is 34.4 Å². The Balaban J connectivity index is 1.91. The highest BCUT2D eigenvalue weighted by atomic mass is 32.2. The predicted octanol–water partition coefficient (Wildman–Crippen LogP) is 2.97. The van der Waals surface area contributed by atoms with Crippen molar-refractivity contribution >= 4 is 22.9 Å². The van der Waals surface area contributed by atoms with Gasteiger partial charge in [0, 0.05) is 0 Å². The van der Waals surface area contributed by atoms with Crippen LogP contribution in [0.25, 0.3) is 0 Å². The van der Waals surface area contributed by atoms with E-state index < -0.39 is 0 Å². The first kappa shape index (κ1) is 16.2. The van der Waals surface area contributed by atoms with Gasteiger partial charge in [-0.05, 0) is 42.3 Å². The third-order valence-corrected chi connectivity index (χ3v) is 4.17. The van der Waals surface area contributed by atoms with Crippen LogP contribution in [0, 0.1) is 4.91 Å². The average Bonchev–Trinajstić information content (AvgIpc) is 2.80. The van der Waals surface area contributed by atoms with Gasteiger partial charge in [0.1, 0.15) is 5.75 Å². The van der Waals surface area contributed by atoms with E-state index in [1.165, 1.54) is 0 Å². The van der Waals surface area contributed by atoms with Gasteiger partial charge in [-0.3, -0.25) is 14.5 Å². The van der Waals surface area contributed by atoms with Gasteiger partial charge in [0.15, 0.2) is 0 Å². The lowest BCUT2D eigenvalue weighted by molar-refractivity contribution is -0.122. The summed E-state index contributed by atoms with van der Waals surface area (Å²) in [5, 5.41) is 2.33. The van der Waals surface area contributed by atoms with Gasteiger partial charge in [-0.1, -0.05) is 23.4 Å². The number of hydrogen-bond donors (Lipinski definition) is 0. The molecule has 1 aromatic carbocycles. The number of nitrogens with zero attached hydrogens (tertiary/aromatic N) is 2. The van der Waals surface area contributed by atoms with E-state index in [0.29, 0.717) is 11.3 Å². The molecule has 1 heterocycles. The third-order valence-electron chi connectivity index (χ3n) is 3.21. The Hall–Kier alpha value is -2.15. The topological polar surface area (TPSA) is 76.0 Å². The molecule has 0 saturated carbocycles. The Bertz CT molecular complexity index is 598. The molecule has 1 aromatic rings. The number of imide groups is 1. The number of carbonyl (C=O) groups excluding carboxylic acids is 2. The zero-order valence-electron chi connectivity index (χ0n) is 12.2. The van der Waals surface area contributed by atoms with E-state index in [9.17, 15) is 14.5 Å². The number of aryl methyl sites for hydroxylation is 1. The standard InChI is InChI=1S/C15H16N2O4S/c1-21-12-7-5-11(6-8-12)3-2-4-13-14(18)17(10-9-16-20)15(19)22-13/h4-8H,2-3,9-10H2,1H3/b13-4-. The molecule has 1 saturated heterocycles. The normalized spacial score (nSPS) is 16.4. The fourth-order valence-corrected chi connectivity index (χ4v) is 2.90. The van der Waals surface area contributed by atoms with E-state index in [1.807, 2.05) is 24.3 Å². The van der Waals surface area contributed by atoms with E-state index in [1.54, 1.807) is 13.2 Å². The van der Waals surface area contributed by atoms with Crippen molar-refractivity contribution in [3.63, 3.8) is 0 Å². The molecule has 0 spiro atoms. The number of amides is 2. The minimum absolute atomic E-state index is 0.0456. The summed E-state index contributed by atoms with van der Waals surface area (Å²) in [5.74, 6) is 0.460. The number of nitroso groups, excluding NO2 is 1. The van der Waals surface area contributed by atoms with Gasteiger partial charge in [0.2, 0.25) is 0 Å². The van der Waals surface area contributed by atoms with Crippen molar-refractivity contribution in [2.45, 2.75) is 12.8 Å². The summed E-state index contributed by atoms with van der Waals surface area (Å²) in [4.78, 5) is 35.3. The summed E-state index contributed by atoms with van der Waals surface area (Å²) in [7, 11) is 1.62. The first-order chi connectivity index (χ1) is 10.7. The zero-order valence-corrected chi connectivity index (χ0v) is 13.0. The summed E-state index contributed by atoms with van der Waals surface area (Å²) >= 11 is 0.908. The first-order valence-electron chi connectivity index (χ1n) is 6.81. The van der Waals surface area contributed by atoms with Crippen molar-refractivity contribution < 1.29 is 14.3 Å². The van der Waals surface area contributed by atoms with Gasteiger partial charge >= 0.3 is 0 Å². The minimum atomic E-state index is -0.343. The number of carbonyl (C=O) groups is 2. The number of benzene rings is 1. The maximum absolute atomic E-state index is 12.0. The van der Waals surface area contributed by atoms with Gasteiger partial charge in [-0.25, -0.2) is 0 Å². The van der Waals surface area contributed by atoms with Crippen LogP contribution in [0.2, 0.25) is 0 Å². The molecule has 7 heteroatoms. The summed E-state index contributed by atoms with van der Waals surface area (Å²) in [5.41, 5.74) is 1.13.